The molecule has 4 nitrogen and oxygen atoms in total. The van der Waals surface area contributed by atoms with Crippen LogP contribution in [0.4, 0.5) is 4.39 Å². The third-order valence-corrected chi connectivity index (χ3v) is 5.16. The Bertz CT molecular complexity index is 1040. The molecule has 5 heteroatoms. The summed E-state index contributed by atoms with van der Waals surface area (Å²) in [6.45, 7) is 6.39. The lowest BCUT2D eigenvalue weighted by molar-refractivity contribution is -0.118. The number of hydrogen-bond acceptors (Lipinski definition) is 2. The van der Waals surface area contributed by atoms with Gasteiger partial charge in [0.2, 0.25) is 5.91 Å². The van der Waals surface area contributed by atoms with E-state index in [2.05, 4.69) is 31.1 Å². The number of nitrogens with two attached hydrogens (primary N) is 1. The number of aryl methyl sites for hydroxylation is 1. The monoisotopic (exact) mass is 379 g/mol. The van der Waals surface area contributed by atoms with Crippen LogP contribution in [-0.4, -0.2) is 15.7 Å². The van der Waals surface area contributed by atoms with E-state index >= 15 is 0 Å². The van der Waals surface area contributed by atoms with Gasteiger partial charge in [-0.15, -0.1) is 0 Å². The van der Waals surface area contributed by atoms with Gasteiger partial charge < -0.3 is 5.73 Å². The summed E-state index contributed by atoms with van der Waals surface area (Å²) in [5.74, 6) is -0.0892. The van der Waals surface area contributed by atoms with E-state index < -0.39 is 5.91 Å². The predicted octanol–water partition coefficient (Wildman–Crippen LogP) is 4.84. The van der Waals surface area contributed by atoms with Gasteiger partial charge in [0.1, 0.15) is 12.4 Å². The highest BCUT2D eigenvalue weighted by Gasteiger charge is 2.12. The molecule has 0 aliphatic heterocycles. The second-order valence-corrected chi connectivity index (χ2v) is 7.37. The average Bonchev–Trinajstić information content (AvgIpc) is 3.04. The molecule has 146 valence electrons. The van der Waals surface area contributed by atoms with Crippen LogP contribution in [0, 0.1) is 18.7 Å². The number of primary amides is 1. The molecule has 1 aromatic heterocycles. The molecule has 1 amide bonds. The maximum atomic E-state index is 13.6. The van der Waals surface area contributed by atoms with E-state index in [1.807, 2.05) is 25.1 Å². The maximum Gasteiger partial charge on any atom is 0.239 e. The molecule has 0 fully saturated rings. The van der Waals surface area contributed by atoms with E-state index in [1.165, 1.54) is 6.07 Å². The topological polar surface area (TPSA) is 60.9 Å². The smallest absolute Gasteiger partial charge is 0.239 e. The van der Waals surface area contributed by atoms with Crippen LogP contribution in [-0.2, 0) is 11.3 Å². The minimum absolute atomic E-state index is 0.0522. The van der Waals surface area contributed by atoms with Crippen molar-refractivity contribution in [2.45, 2.75) is 40.2 Å². The summed E-state index contributed by atoms with van der Waals surface area (Å²) in [6.07, 6.45) is 6.03. The molecule has 0 bridgehead atoms. The molecule has 1 unspecified atom stereocenters. The van der Waals surface area contributed by atoms with Crippen molar-refractivity contribution < 1.29 is 9.18 Å². The van der Waals surface area contributed by atoms with E-state index in [-0.39, 0.29) is 12.4 Å². The van der Waals surface area contributed by atoms with Crippen molar-refractivity contribution in [1.82, 2.24) is 9.78 Å². The van der Waals surface area contributed by atoms with Gasteiger partial charge in [0, 0.05) is 5.39 Å². The third kappa shape index (κ3) is 4.30. The molecule has 0 saturated heterocycles. The first-order valence-corrected chi connectivity index (χ1v) is 9.60. The Morgan fingerprint density at radius 3 is 2.75 bits per heavy atom. The molecule has 0 aliphatic rings. The Kier molecular flexibility index (Phi) is 5.93. The van der Waals surface area contributed by atoms with E-state index in [9.17, 15) is 9.18 Å². The molecule has 3 aromatic rings. The molecule has 3 rings (SSSR count). The quantitative estimate of drug-likeness (QED) is 0.639. The highest BCUT2D eigenvalue weighted by atomic mass is 19.1. The zero-order valence-corrected chi connectivity index (χ0v) is 16.6. The fourth-order valence-electron chi connectivity index (χ4n) is 3.33. The Hall–Kier alpha value is -2.95. The molecule has 1 heterocycles. The number of nitrogens with zero attached hydrogens (tertiary/aromatic N) is 2. The van der Waals surface area contributed by atoms with Crippen LogP contribution in [0.15, 0.2) is 48.7 Å². The number of carbonyl (C=O) groups is 1. The lowest BCUT2D eigenvalue weighted by Crippen LogP contribution is -2.19. The van der Waals surface area contributed by atoms with Gasteiger partial charge in [-0.25, -0.2) is 4.39 Å². The van der Waals surface area contributed by atoms with Crippen molar-refractivity contribution in [1.29, 1.82) is 0 Å². The Morgan fingerprint density at radius 2 is 2.07 bits per heavy atom. The number of rotatable bonds is 7. The third-order valence-electron chi connectivity index (χ3n) is 5.16. The maximum absolute atomic E-state index is 13.6. The summed E-state index contributed by atoms with van der Waals surface area (Å²) in [5, 5.41) is 5.21. The van der Waals surface area contributed by atoms with Gasteiger partial charge in [-0.3, -0.25) is 9.48 Å². The molecule has 1 atom stereocenters. The summed E-state index contributed by atoms with van der Waals surface area (Å²) in [4.78, 5) is 11.2. The zero-order chi connectivity index (χ0) is 20.3. The fraction of sp³-hybridized carbons (Fsp3) is 0.304. The minimum atomic E-state index is -0.426. The van der Waals surface area contributed by atoms with Gasteiger partial charge in [-0.2, -0.15) is 5.10 Å². The molecule has 0 aliphatic carbocycles. The minimum Gasteiger partial charge on any atom is -0.368 e. The van der Waals surface area contributed by atoms with E-state index in [1.54, 1.807) is 16.9 Å². The fourth-order valence-corrected chi connectivity index (χ4v) is 3.33. The molecule has 2 aromatic carbocycles. The number of halogens is 1. The Morgan fingerprint density at radius 1 is 1.29 bits per heavy atom. The van der Waals surface area contributed by atoms with Gasteiger partial charge in [0.25, 0.3) is 0 Å². The summed E-state index contributed by atoms with van der Waals surface area (Å²) in [7, 11) is 0. The average molecular weight is 379 g/mol. The van der Waals surface area contributed by atoms with Gasteiger partial charge in [-0.1, -0.05) is 38.5 Å². The van der Waals surface area contributed by atoms with Gasteiger partial charge in [-0.05, 0) is 65.8 Å². The summed E-state index contributed by atoms with van der Waals surface area (Å²) in [6, 6.07) is 10.9. The van der Waals surface area contributed by atoms with Gasteiger partial charge in [0.05, 0.1) is 11.7 Å². The van der Waals surface area contributed by atoms with E-state index in [4.69, 9.17) is 5.73 Å². The van der Waals surface area contributed by atoms with Crippen molar-refractivity contribution in [3.63, 3.8) is 0 Å². The highest BCUT2D eigenvalue weighted by Crippen LogP contribution is 2.30. The van der Waals surface area contributed by atoms with Gasteiger partial charge in [0.15, 0.2) is 0 Å². The largest absolute Gasteiger partial charge is 0.368 e. The first kappa shape index (κ1) is 19.8. The Balaban J connectivity index is 2.08. The molecular weight excluding hydrogens is 353 g/mol. The summed E-state index contributed by atoms with van der Waals surface area (Å²) >= 11 is 0. The van der Waals surface area contributed by atoms with Crippen LogP contribution in [0.2, 0.25) is 0 Å². The van der Waals surface area contributed by atoms with Crippen molar-refractivity contribution >= 4 is 22.4 Å². The van der Waals surface area contributed by atoms with E-state index in [0.717, 1.165) is 46.0 Å². The number of hydrogen-bond donors (Lipinski definition) is 1. The standard InChI is InChI=1S/C23H26FN3O/c1-4-15(2)5-8-21(20-9-7-19(24)11-16(20)3)17-6-10-22-18(12-17)13-26-27(22)14-23(25)28/h6-13,15H,4-5,14H2,1-3H3,(H2,25,28). The summed E-state index contributed by atoms with van der Waals surface area (Å²) < 4.78 is 15.2. The first-order chi connectivity index (χ1) is 13.4. The van der Waals surface area contributed by atoms with Crippen LogP contribution in [0.1, 0.15) is 43.4 Å². The van der Waals surface area contributed by atoms with Crippen LogP contribution in [0.3, 0.4) is 0 Å². The van der Waals surface area contributed by atoms with Gasteiger partial charge >= 0.3 is 0 Å². The van der Waals surface area contributed by atoms with Crippen LogP contribution >= 0.6 is 0 Å². The van der Waals surface area contributed by atoms with Crippen molar-refractivity contribution in [3.8, 4) is 0 Å². The second-order valence-electron chi connectivity index (χ2n) is 7.37. The predicted molar refractivity (Wildman–Crippen MR) is 111 cm³/mol. The normalized spacial score (nSPS) is 13.1. The van der Waals surface area contributed by atoms with Crippen molar-refractivity contribution in [2.24, 2.45) is 11.7 Å². The second kappa shape index (κ2) is 8.38. The lowest BCUT2D eigenvalue weighted by Gasteiger charge is -2.14. The van der Waals surface area contributed by atoms with Crippen LogP contribution < -0.4 is 5.73 Å². The number of amides is 1. The SMILES string of the molecule is CCC(C)CC=C(c1ccc2c(cnn2CC(N)=O)c1)c1ccc(F)cc1C. The molecule has 28 heavy (non-hydrogen) atoms. The van der Waals surface area contributed by atoms with Crippen LogP contribution in [0.5, 0.6) is 0 Å². The van der Waals surface area contributed by atoms with E-state index in [0.29, 0.717) is 5.92 Å². The van der Waals surface area contributed by atoms with Crippen molar-refractivity contribution in [2.75, 3.05) is 0 Å². The molecule has 0 spiro atoms. The number of benzene rings is 2. The molecule has 2 N–H and O–H groups in total. The number of aromatic nitrogens is 2. The van der Waals surface area contributed by atoms with Crippen LogP contribution in [0.25, 0.3) is 16.5 Å². The molecular formula is C23H26FN3O. The number of fused-ring (bicyclic) bond motifs is 1. The Labute approximate surface area is 164 Å². The number of carbonyl (C=O) groups excluding carboxylic acids is 1. The summed E-state index contributed by atoms with van der Waals surface area (Å²) in [5.41, 5.74) is 10.2. The molecule has 0 radical (unpaired) electrons. The number of allylic oxidation sites excluding steroid dienone is 1. The lowest BCUT2D eigenvalue weighted by atomic mass is 9.91. The van der Waals surface area contributed by atoms with Crippen molar-refractivity contribution in [3.05, 3.63) is 71.2 Å². The zero-order valence-electron chi connectivity index (χ0n) is 16.6. The molecule has 0 saturated carbocycles. The highest BCUT2D eigenvalue weighted by molar-refractivity contribution is 5.89. The first-order valence-electron chi connectivity index (χ1n) is 9.60.